The number of amides is 1. The topological polar surface area (TPSA) is 126 Å². The summed E-state index contributed by atoms with van der Waals surface area (Å²) in [6, 6.07) is 8.44. The minimum atomic E-state index is -0.918. The van der Waals surface area contributed by atoms with Gasteiger partial charge in [-0.3, -0.25) is 9.48 Å². The lowest BCUT2D eigenvalue weighted by molar-refractivity contribution is 0.0861. The molecule has 1 fully saturated rings. The lowest BCUT2D eigenvalue weighted by Gasteiger charge is -2.30. The van der Waals surface area contributed by atoms with Gasteiger partial charge in [0, 0.05) is 11.9 Å². The number of aliphatic hydroxyl groups excluding tert-OH is 1. The Kier molecular flexibility index (Phi) is 5.57. The molecule has 1 heterocycles. The van der Waals surface area contributed by atoms with Gasteiger partial charge in [-0.25, -0.2) is 4.39 Å². The molecule has 1 amide bonds. The molecule has 0 aliphatic heterocycles. The van der Waals surface area contributed by atoms with Crippen molar-refractivity contribution in [2.75, 3.05) is 12.2 Å². The zero-order valence-electron chi connectivity index (χ0n) is 14.5. The molecule has 3 rings (SSSR count). The molecule has 9 heteroatoms. The van der Waals surface area contributed by atoms with Crippen molar-refractivity contribution in [2.24, 2.45) is 11.7 Å². The van der Waals surface area contributed by atoms with E-state index in [1.807, 2.05) is 0 Å². The van der Waals surface area contributed by atoms with Gasteiger partial charge in [-0.2, -0.15) is 10.4 Å². The third kappa shape index (κ3) is 4.17. The van der Waals surface area contributed by atoms with Gasteiger partial charge in [-0.15, -0.1) is 0 Å². The number of rotatable bonds is 6. The summed E-state index contributed by atoms with van der Waals surface area (Å²) in [5, 5.41) is 26.6. The number of benzene rings is 1. The number of nitriles is 1. The average molecular weight is 373 g/mol. The third-order valence-electron chi connectivity index (χ3n) is 4.63. The molecule has 0 bridgehead atoms. The number of nitrogens with two attached hydrogens (primary N) is 1. The van der Waals surface area contributed by atoms with Gasteiger partial charge in [0.15, 0.2) is 5.82 Å². The van der Waals surface area contributed by atoms with Crippen molar-refractivity contribution in [3.8, 4) is 11.8 Å². The van der Waals surface area contributed by atoms with E-state index in [1.54, 1.807) is 28.9 Å². The maximum atomic E-state index is 12.2. The molecular formula is C18H20FN5O3. The van der Waals surface area contributed by atoms with Gasteiger partial charge in [-0.1, -0.05) is 0 Å². The predicted molar refractivity (Wildman–Crippen MR) is 95.1 cm³/mol. The van der Waals surface area contributed by atoms with Crippen molar-refractivity contribution in [3.63, 3.8) is 0 Å². The van der Waals surface area contributed by atoms with Gasteiger partial charge in [0.25, 0.3) is 5.91 Å². The minimum absolute atomic E-state index is 0.196. The summed E-state index contributed by atoms with van der Waals surface area (Å²) in [6.07, 6.45) is 2.53. The molecule has 27 heavy (non-hydrogen) atoms. The van der Waals surface area contributed by atoms with Crippen LogP contribution in [0.1, 0.15) is 35.7 Å². The van der Waals surface area contributed by atoms with Crippen LogP contribution in [0.3, 0.4) is 0 Å². The molecule has 0 spiro atoms. The third-order valence-corrected chi connectivity index (χ3v) is 4.63. The van der Waals surface area contributed by atoms with Gasteiger partial charge in [0.1, 0.15) is 11.3 Å². The Hall–Kier alpha value is -3.12. The average Bonchev–Trinajstić information content (AvgIpc) is 3.07. The monoisotopic (exact) mass is 373 g/mol. The zero-order valence-corrected chi connectivity index (χ0v) is 14.5. The number of alkyl halides is 1. The molecule has 1 aliphatic rings. The van der Waals surface area contributed by atoms with E-state index in [4.69, 9.17) is 10.5 Å². The van der Waals surface area contributed by atoms with E-state index in [-0.39, 0.29) is 17.4 Å². The molecule has 1 aromatic carbocycles. The van der Waals surface area contributed by atoms with Crippen LogP contribution in [-0.2, 0) is 0 Å². The number of hydrogen-bond acceptors (Lipinski definition) is 6. The number of ether oxygens (including phenoxy) is 1. The first kappa shape index (κ1) is 18.7. The number of aliphatic hydroxyl groups is 1. The Morgan fingerprint density at radius 3 is 2.81 bits per heavy atom. The van der Waals surface area contributed by atoms with Gasteiger partial charge in [0.05, 0.1) is 24.1 Å². The first-order valence-corrected chi connectivity index (χ1v) is 8.54. The molecule has 8 nitrogen and oxygen atoms in total. The first-order valence-electron chi connectivity index (χ1n) is 8.54. The predicted octanol–water partition coefficient (Wildman–Crippen LogP) is 2.26. The van der Waals surface area contributed by atoms with E-state index in [0.29, 0.717) is 30.7 Å². The summed E-state index contributed by atoms with van der Waals surface area (Å²) in [4.78, 5) is 11.8. The Balaban J connectivity index is 1.85. The molecule has 1 saturated carbocycles. The van der Waals surface area contributed by atoms with Gasteiger partial charge in [-0.05, 0) is 43.5 Å². The number of halogens is 1. The van der Waals surface area contributed by atoms with Crippen molar-refractivity contribution < 1.29 is 19.0 Å². The van der Waals surface area contributed by atoms with Crippen LogP contribution in [-0.4, -0.2) is 33.8 Å². The molecule has 0 unspecified atom stereocenters. The molecule has 2 aromatic rings. The lowest BCUT2D eigenvalue weighted by atomic mass is 9.84. The highest BCUT2D eigenvalue weighted by Gasteiger charge is 2.32. The molecule has 4 N–H and O–H groups in total. The molecule has 142 valence electrons. The molecule has 0 saturated heterocycles. The van der Waals surface area contributed by atoms with Crippen molar-refractivity contribution in [1.29, 1.82) is 5.26 Å². The second-order valence-electron chi connectivity index (χ2n) is 6.41. The lowest BCUT2D eigenvalue weighted by Crippen LogP contribution is -2.29. The van der Waals surface area contributed by atoms with E-state index in [2.05, 4.69) is 16.5 Å². The fourth-order valence-electron chi connectivity index (χ4n) is 3.26. The van der Waals surface area contributed by atoms with Crippen LogP contribution in [0.25, 0.3) is 0 Å². The number of carbonyl (C=O) groups is 1. The second-order valence-corrected chi connectivity index (χ2v) is 6.41. The van der Waals surface area contributed by atoms with Crippen molar-refractivity contribution in [3.05, 3.63) is 36.0 Å². The maximum absolute atomic E-state index is 12.2. The summed E-state index contributed by atoms with van der Waals surface area (Å²) in [6.45, 7) is -0.918. The summed E-state index contributed by atoms with van der Waals surface area (Å²) in [5.41, 5.74) is 6.28. The maximum Gasteiger partial charge on any atom is 0.254 e. The van der Waals surface area contributed by atoms with Crippen molar-refractivity contribution in [2.45, 2.75) is 31.4 Å². The summed E-state index contributed by atoms with van der Waals surface area (Å²) < 4.78 is 18.5. The molecule has 0 radical (unpaired) electrons. The highest BCUT2D eigenvalue weighted by Crippen LogP contribution is 2.34. The van der Waals surface area contributed by atoms with E-state index in [9.17, 15) is 19.6 Å². The Morgan fingerprint density at radius 1 is 1.44 bits per heavy atom. The fourth-order valence-corrected chi connectivity index (χ4v) is 3.26. The number of primary amides is 1. The molecular weight excluding hydrogens is 353 g/mol. The van der Waals surface area contributed by atoms with Crippen LogP contribution in [0.15, 0.2) is 30.5 Å². The fraction of sp³-hybridized carbons (Fsp3) is 0.389. The number of aromatic nitrogens is 2. The van der Waals surface area contributed by atoms with Crippen LogP contribution in [0, 0.1) is 17.2 Å². The Morgan fingerprint density at radius 2 is 2.19 bits per heavy atom. The largest absolute Gasteiger partial charge is 0.463 e. The number of anilines is 2. The summed E-state index contributed by atoms with van der Waals surface area (Å²) in [5.74, 6) is -0.407. The van der Waals surface area contributed by atoms with Crippen LogP contribution in [0.4, 0.5) is 15.9 Å². The Bertz CT molecular complexity index is 846. The van der Waals surface area contributed by atoms with Crippen LogP contribution >= 0.6 is 0 Å². The number of nitrogens with one attached hydrogen (secondary N) is 1. The SMILES string of the molecule is N#C[C@H]1C[C@H](O)CC[C@@H]1n1cc(C(N)=O)c(Nc2ccc(OCF)cc2)n1. The van der Waals surface area contributed by atoms with Crippen LogP contribution in [0.2, 0.25) is 0 Å². The highest BCUT2D eigenvalue weighted by molar-refractivity contribution is 5.98. The van der Waals surface area contributed by atoms with Gasteiger partial charge in [0.2, 0.25) is 6.86 Å². The zero-order chi connectivity index (χ0) is 19.4. The molecule has 1 aliphatic carbocycles. The Labute approximate surface area is 155 Å². The first-order chi connectivity index (χ1) is 13.0. The normalized spacial score (nSPS) is 22.0. The minimum Gasteiger partial charge on any atom is -0.463 e. The van der Waals surface area contributed by atoms with Crippen LogP contribution < -0.4 is 15.8 Å². The van der Waals surface area contributed by atoms with E-state index in [0.717, 1.165) is 0 Å². The standard InChI is InChI=1S/C18H20FN5O3/c19-10-27-14-4-1-12(2-5-14)22-18-15(17(21)26)9-24(23-18)16-6-3-13(25)7-11(16)8-20/h1-2,4-5,9,11,13,16,25H,3,6-7,10H2,(H2,21,26)(H,22,23)/t11-,13-,16+/m1/s1. The van der Waals surface area contributed by atoms with Gasteiger partial charge >= 0.3 is 0 Å². The summed E-state index contributed by atoms with van der Waals surface area (Å²) >= 11 is 0. The van der Waals surface area contributed by atoms with Crippen LogP contribution in [0.5, 0.6) is 5.75 Å². The summed E-state index contributed by atoms with van der Waals surface area (Å²) in [7, 11) is 0. The smallest absolute Gasteiger partial charge is 0.254 e. The second kappa shape index (κ2) is 8.05. The number of hydrogen-bond donors (Lipinski definition) is 3. The van der Waals surface area contributed by atoms with Gasteiger partial charge < -0.3 is 20.9 Å². The van der Waals surface area contributed by atoms with Crippen molar-refractivity contribution >= 4 is 17.4 Å². The highest BCUT2D eigenvalue weighted by atomic mass is 19.1. The molecule has 1 aromatic heterocycles. The quantitative estimate of drug-likeness (QED) is 0.713. The van der Waals surface area contributed by atoms with E-state index < -0.39 is 24.8 Å². The van der Waals surface area contributed by atoms with E-state index >= 15 is 0 Å². The van der Waals surface area contributed by atoms with Crippen molar-refractivity contribution in [1.82, 2.24) is 9.78 Å². The number of nitrogens with zero attached hydrogens (tertiary/aromatic N) is 3. The number of carbonyl (C=O) groups excluding carboxylic acids is 1. The van der Waals surface area contributed by atoms with E-state index in [1.165, 1.54) is 6.20 Å². The molecule has 3 atom stereocenters.